The van der Waals surface area contributed by atoms with Gasteiger partial charge in [0.15, 0.2) is 0 Å². The Morgan fingerprint density at radius 1 is 1.07 bits per heavy atom. The van der Waals surface area contributed by atoms with Gasteiger partial charge >= 0.3 is 0 Å². The fraction of sp³-hybridized carbons (Fsp3) is 0.538. The van der Waals surface area contributed by atoms with Gasteiger partial charge in [-0.2, -0.15) is 0 Å². The first-order chi connectivity index (χ1) is 6.61. The Kier molecular flexibility index (Phi) is 6.02. The van der Waals surface area contributed by atoms with Crippen LogP contribution in [0, 0.1) is 0 Å². The Labute approximate surface area is 88.8 Å². The van der Waals surface area contributed by atoms with Crippen LogP contribution in [0.2, 0.25) is 0 Å². The molecule has 0 atom stereocenters. The molecule has 80 valence electrons. The van der Waals surface area contributed by atoms with E-state index in [1.807, 2.05) is 13.8 Å². The highest BCUT2D eigenvalue weighted by atomic mass is 15.1. The second-order valence-electron chi connectivity index (χ2n) is 3.64. The van der Waals surface area contributed by atoms with Crippen molar-refractivity contribution in [3.8, 4) is 0 Å². The Balaban J connectivity index is 0.000000791. The van der Waals surface area contributed by atoms with Crippen LogP contribution in [0.3, 0.4) is 0 Å². The van der Waals surface area contributed by atoms with Crippen molar-refractivity contribution < 1.29 is 0 Å². The van der Waals surface area contributed by atoms with Gasteiger partial charge in [0, 0.05) is 19.8 Å². The maximum atomic E-state index is 2.24. The van der Waals surface area contributed by atoms with Crippen molar-refractivity contribution in [2.75, 3.05) is 19.0 Å². The number of hydrogen-bond acceptors (Lipinski definition) is 1. The summed E-state index contributed by atoms with van der Waals surface area (Å²) >= 11 is 0. The lowest BCUT2D eigenvalue weighted by Crippen LogP contribution is -2.08. The van der Waals surface area contributed by atoms with Crippen LogP contribution in [0.5, 0.6) is 0 Å². The van der Waals surface area contributed by atoms with Crippen LogP contribution in [-0.2, 0) is 0 Å². The van der Waals surface area contributed by atoms with E-state index in [4.69, 9.17) is 0 Å². The molecule has 0 bridgehead atoms. The Bertz CT molecular complexity index is 228. The molecule has 0 radical (unpaired) electrons. The minimum absolute atomic E-state index is 0.616. The summed E-state index contributed by atoms with van der Waals surface area (Å²) in [5, 5.41) is 0. The summed E-state index contributed by atoms with van der Waals surface area (Å²) in [4.78, 5) is 2.13. The predicted molar refractivity (Wildman–Crippen MR) is 66.2 cm³/mol. The number of rotatable bonds is 2. The summed E-state index contributed by atoms with van der Waals surface area (Å²) in [6.45, 7) is 8.43. The number of anilines is 1. The summed E-state index contributed by atoms with van der Waals surface area (Å²) in [6.07, 6.45) is 0. The third-order valence-electron chi connectivity index (χ3n) is 2.05. The van der Waals surface area contributed by atoms with Crippen molar-refractivity contribution in [2.45, 2.75) is 33.6 Å². The highest BCUT2D eigenvalue weighted by Gasteiger charge is 2.00. The number of nitrogens with zero attached hydrogens (tertiary/aromatic N) is 1. The molecule has 0 aliphatic heterocycles. The molecule has 0 heterocycles. The molecule has 0 aliphatic carbocycles. The van der Waals surface area contributed by atoms with E-state index >= 15 is 0 Å². The van der Waals surface area contributed by atoms with Gasteiger partial charge in [0.2, 0.25) is 0 Å². The van der Waals surface area contributed by atoms with Gasteiger partial charge in [-0.05, 0) is 23.6 Å². The SMILES string of the molecule is CC.CC(C)c1cccc(N(C)C)c1. The molecule has 0 unspecified atom stereocenters. The van der Waals surface area contributed by atoms with Gasteiger partial charge in [-0.15, -0.1) is 0 Å². The molecule has 14 heavy (non-hydrogen) atoms. The third kappa shape index (κ3) is 3.82. The van der Waals surface area contributed by atoms with Crippen molar-refractivity contribution in [3.63, 3.8) is 0 Å². The molecule has 1 aromatic carbocycles. The van der Waals surface area contributed by atoms with Crippen LogP contribution in [0.4, 0.5) is 5.69 Å². The fourth-order valence-corrected chi connectivity index (χ4v) is 1.16. The van der Waals surface area contributed by atoms with Crippen molar-refractivity contribution in [2.24, 2.45) is 0 Å². The summed E-state index contributed by atoms with van der Waals surface area (Å²) in [5.41, 5.74) is 2.68. The topological polar surface area (TPSA) is 3.24 Å². The van der Waals surface area contributed by atoms with Gasteiger partial charge in [-0.3, -0.25) is 0 Å². The van der Waals surface area contributed by atoms with E-state index in [-0.39, 0.29) is 0 Å². The molecule has 1 rings (SSSR count). The van der Waals surface area contributed by atoms with E-state index in [0.717, 1.165) is 0 Å². The molecule has 0 spiro atoms. The zero-order valence-electron chi connectivity index (χ0n) is 10.3. The van der Waals surface area contributed by atoms with E-state index in [1.165, 1.54) is 11.3 Å². The van der Waals surface area contributed by atoms with Gasteiger partial charge in [-0.1, -0.05) is 39.8 Å². The molecule has 1 heteroatoms. The van der Waals surface area contributed by atoms with E-state index in [9.17, 15) is 0 Å². The minimum Gasteiger partial charge on any atom is -0.378 e. The van der Waals surface area contributed by atoms with Crippen molar-refractivity contribution >= 4 is 5.69 Å². The van der Waals surface area contributed by atoms with E-state index in [1.54, 1.807) is 0 Å². The van der Waals surface area contributed by atoms with Crippen LogP contribution in [0.15, 0.2) is 24.3 Å². The fourth-order valence-electron chi connectivity index (χ4n) is 1.16. The molecule has 1 nitrogen and oxygen atoms in total. The van der Waals surface area contributed by atoms with Gasteiger partial charge in [0.1, 0.15) is 0 Å². The summed E-state index contributed by atoms with van der Waals surface area (Å²) in [7, 11) is 4.14. The zero-order valence-corrected chi connectivity index (χ0v) is 10.3. The molecule has 0 saturated carbocycles. The highest BCUT2D eigenvalue weighted by molar-refractivity contribution is 5.47. The average molecular weight is 193 g/mol. The molecule has 0 amide bonds. The Morgan fingerprint density at radius 2 is 1.64 bits per heavy atom. The third-order valence-corrected chi connectivity index (χ3v) is 2.05. The lowest BCUT2D eigenvalue weighted by atomic mass is 10.0. The molecule has 0 aliphatic rings. The molecule has 0 N–H and O–H groups in total. The van der Waals surface area contributed by atoms with Crippen molar-refractivity contribution in [1.29, 1.82) is 0 Å². The zero-order chi connectivity index (χ0) is 11.1. The Hall–Kier alpha value is -0.980. The molecular weight excluding hydrogens is 170 g/mol. The van der Waals surface area contributed by atoms with Gasteiger partial charge < -0.3 is 4.90 Å². The van der Waals surface area contributed by atoms with Crippen LogP contribution in [0.25, 0.3) is 0 Å². The second kappa shape index (κ2) is 6.47. The number of hydrogen-bond donors (Lipinski definition) is 0. The molecular formula is C13H23N. The maximum Gasteiger partial charge on any atom is 0.0363 e. The van der Waals surface area contributed by atoms with Gasteiger partial charge in [-0.25, -0.2) is 0 Å². The minimum atomic E-state index is 0.616. The largest absolute Gasteiger partial charge is 0.378 e. The smallest absolute Gasteiger partial charge is 0.0363 e. The first-order valence-electron chi connectivity index (χ1n) is 5.38. The molecule has 1 aromatic rings. The normalized spacial score (nSPS) is 9.36. The average Bonchev–Trinajstić information content (AvgIpc) is 2.21. The molecule has 0 aromatic heterocycles. The van der Waals surface area contributed by atoms with E-state index in [2.05, 4.69) is 57.1 Å². The summed E-state index contributed by atoms with van der Waals surface area (Å²) in [6, 6.07) is 8.67. The molecule has 0 saturated heterocycles. The van der Waals surface area contributed by atoms with E-state index < -0.39 is 0 Å². The van der Waals surface area contributed by atoms with E-state index in [0.29, 0.717) is 5.92 Å². The van der Waals surface area contributed by atoms with Crippen LogP contribution in [-0.4, -0.2) is 14.1 Å². The summed E-state index contributed by atoms with van der Waals surface area (Å²) < 4.78 is 0. The second-order valence-corrected chi connectivity index (χ2v) is 3.64. The first kappa shape index (κ1) is 13.0. The lowest BCUT2D eigenvalue weighted by molar-refractivity contribution is 0.865. The monoisotopic (exact) mass is 193 g/mol. The summed E-state index contributed by atoms with van der Waals surface area (Å²) in [5.74, 6) is 0.616. The highest BCUT2D eigenvalue weighted by Crippen LogP contribution is 2.19. The van der Waals surface area contributed by atoms with Crippen molar-refractivity contribution in [1.82, 2.24) is 0 Å². The van der Waals surface area contributed by atoms with Gasteiger partial charge in [0.25, 0.3) is 0 Å². The number of benzene rings is 1. The first-order valence-corrected chi connectivity index (χ1v) is 5.38. The van der Waals surface area contributed by atoms with Gasteiger partial charge in [0.05, 0.1) is 0 Å². The van der Waals surface area contributed by atoms with Crippen molar-refractivity contribution in [3.05, 3.63) is 29.8 Å². The standard InChI is InChI=1S/C11H17N.C2H6/c1-9(2)10-6-5-7-11(8-10)12(3)4;1-2/h5-9H,1-4H3;1-2H3. The maximum absolute atomic E-state index is 2.24. The quantitative estimate of drug-likeness (QED) is 0.688. The predicted octanol–water partition coefficient (Wildman–Crippen LogP) is 3.90. The molecule has 0 fully saturated rings. The Morgan fingerprint density at radius 3 is 2.07 bits per heavy atom. The van der Waals surface area contributed by atoms with Crippen LogP contribution >= 0.6 is 0 Å². The van der Waals surface area contributed by atoms with Crippen LogP contribution < -0.4 is 4.90 Å². The lowest BCUT2D eigenvalue weighted by Gasteiger charge is -2.14. The van der Waals surface area contributed by atoms with Crippen LogP contribution in [0.1, 0.15) is 39.2 Å².